The summed E-state index contributed by atoms with van der Waals surface area (Å²) in [6, 6.07) is 5.05. The van der Waals surface area contributed by atoms with Gasteiger partial charge in [0.2, 0.25) is 0 Å². The minimum absolute atomic E-state index is 0.107. The normalized spacial score (nSPS) is 18.1. The van der Waals surface area contributed by atoms with E-state index in [1.165, 1.54) is 0 Å². The van der Waals surface area contributed by atoms with E-state index in [1.807, 2.05) is 0 Å². The summed E-state index contributed by atoms with van der Waals surface area (Å²) in [7, 11) is 0. The molecular weight excluding hydrogens is 266 g/mol. The number of hydrogen-bond donors (Lipinski definition) is 2. The smallest absolute Gasteiger partial charge is 0.298 e. The summed E-state index contributed by atoms with van der Waals surface area (Å²) in [6.45, 7) is 3.08. The molecule has 0 bridgehead atoms. The third-order valence-corrected chi connectivity index (χ3v) is 3.53. The van der Waals surface area contributed by atoms with Gasteiger partial charge >= 0.3 is 0 Å². The van der Waals surface area contributed by atoms with Crippen LogP contribution >= 0.6 is 0 Å². The molecule has 6 nitrogen and oxygen atoms in total. The van der Waals surface area contributed by atoms with Crippen LogP contribution in [-0.2, 0) is 4.79 Å². The highest BCUT2D eigenvalue weighted by Gasteiger charge is 2.23. The Labute approximate surface area is 122 Å². The van der Waals surface area contributed by atoms with E-state index in [1.54, 1.807) is 24.1 Å². The molecule has 1 atom stereocenters. The lowest BCUT2D eigenvalue weighted by Crippen LogP contribution is -2.44. The Hall–Kier alpha value is -2.55. The minimum Gasteiger partial charge on any atom is -0.364 e. The van der Waals surface area contributed by atoms with Crippen LogP contribution in [0, 0.1) is 17.9 Å². The number of nitrogens with zero attached hydrogens (tertiary/aromatic N) is 3. The van der Waals surface area contributed by atoms with Gasteiger partial charge in [-0.3, -0.25) is 9.89 Å². The predicted octanol–water partition coefficient (Wildman–Crippen LogP) is 1.18. The third-order valence-electron chi connectivity index (χ3n) is 3.53. The molecular formula is C15H16N5O. The highest BCUT2D eigenvalue weighted by Crippen LogP contribution is 2.21. The van der Waals surface area contributed by atoms with Crippen molar-refractivity contribution in [1.29, 1.82) is 0 Å². The molecule has 3 heterocycles. The molecule has 0 aliphatic carbocycles. The summed E-state index contributed by atoms with van der Waals surface area (Å²) in [4.78, 5) is 17.8. The number of carbonyl (C=O) groups excluding carboxylic acids is 1. The number of aromatic nitrogens is 3. The molecule has 0 unspecified atom stereocenters. The molecule has 1 saturated heterocycles. The largest absolute Gasteiger partial charge is 0.364 e. The average Bonchev–Trinajstić information content (AvgIpc) is 2.91. The Bertz CT molecular complexity index is 711. The lowest BCUT2D eigenvalue weighted by Gasteiger charge is -2.32. The van der Waals surface area contributed by atoms with Crippen LogP contribution in [0.5, 0.6) is 0 Å². The van der Waals surface area contributed by atoms with Crippen LogP contribution in [0.15, 0.2) is 12.3 Å². The zero-order chi connectivity index (χ0) is 14.7. The number of likely N-dealkylation sites (tertiary alicyclic amines) is 1. The van der Waals surface area contributed by atoms with Gasteiger partial charge in [0, 0.05) is 25.3 Å². The second kappa shape index (κ2) is 5.83. The zero-order valence-corrected chi connectivity index (χ0v) is 11.8. The molecule has 1 amide bonds. The highest BCUT2D eigenvalue weighted by molar-refractivity contribution is 5.93. The van der Waals surface area contributed by atoms with Crippen LogP contribution in [0.1, 0.15) is 19.8 Å². The van der Waals surface area contributed by atoms with Gasteiger partial charge in [-0.25, -0.2) is 4.98 Å². The lowest BCUT2D eigenvalue weighted by atomic mass is 10.1. The average molecular weight is 282 g/mol. The van der Waals surface area contributed by atoms with Crippen molar-refractivity contribution in [3.8, 4) is 11.8 Å². The predicted molar refractivity (Wildman–Crippen MR) is 79.4 cm³/mol. The van der Waals surface area contributed by atoms with Gasteiger partial charge in [0.25, 0.3) is 5.91 Å². The standard InChI is InChI=1S/C15H16N5O/c1-2-5-13(21)20-9-4-6-11(10-20)17-15-12-7-3-8-16-14(12)18-19-15/h3,8,11H,4,6,9-10H2,1H3,(H2,16,17,18,19)/t11-/m1/s1. The van der Waals surface area contributed by atoms with Gasteiger partial charge in [-0.15, -0.1) is 0 Å². The molecule has 1 radical (unpaired) electrons. The topological polar surface area (TPSA) is 73.9 Å². The fourth-order valence-corrected chi connectivity index (χ4v) is 2.56. The van der Waals surface area contributed by atoms with Gasteiger partial charge in [-0.1, -0.05) is 5.92 Å². The van der Waals surface area contributed by atoms with Gasteiger partial charge in [0.05, 0.1) is 5.39 Å². The Kier molecular flexibility index (Phi) is 3.73. The molecule has 3 rings (SSSR count). The fraction of sp³-hybridized carbons (Fsp3) is 0.400. The Balaban J connectivity index is 1.72. The van der Waals surface area contributed by atoms with Crippen LogP contribution in [0.4, 0.5) is 5.82 Å². The van der Waals surface area contributed by atoms with Crippen LogP contribution in [-0.4, -0.2) is 45.1 Å². The van der Waals surface area contributed by atoms with E-state index in [2.05, 4.69) is 38.4 Å². The Morgan fingerprint density at radius 1 is 1.62 bits per heavy atom. The van der Waals surface area contributed by atoms with E-state index in [4.69, 9.17) is 0 Å². The van der Waals surface area contributed by atoms with Crippen LogP contribution in [0.3, 0.4) is 0 Å². The number of nitrogens with one attached hydrogen (secondary N) is 2. The Morgan fingerprint density at radius 2 is 2.52 bits per heavy atom. The first-order valence-corrected chi connectivity index (χ1v) is 6.97. The molecule has 0 aromatic carbocycles. The summed E-state index contributed by atoms with van der Waals surface area (Å²) in [5.41, 5.74) is 0.709. The van der Waals surface area contributed by atoms with Crippen molar-refractivity contribution in [2.45, 2.75) is 25.8 Å². The number of rotatable bonds is 2. The summed E-state index contributed by atoms with van der Waals surface area (Å²) in [6.07, 6.45) is 3.63. The number of pyridine rings is 1. The molecule has 2 N–H and O–H groups in total. The van der Waals surface area contributed by atoms with Crippen molar-refractivity contribution < 1.29 is 4.79 Å². The van der Waals surface area contributed by atoms with E-state index in [-0.39, 0.29) is 11.9 Å². The van der Waals surface area contributed by atoms with Crippen molar-refractivity contribution in [2.75, 3.05) is 18.4 Å². The quantitative estimate of drug-likeness (QED) is 0.811. The number of carbonyl (C=O) groups is 1. The summed E-state index contributed by atoms with van der Waals surface area (Å²) in [5.74, 6) is 5.88. The monoisotopic (exact) mass is 282 g/mol. The molecule has 0 spiro atoms. The van der Waals surface area contributed by atoms with E-state index >= 15 is 0 Å². The van der Waals surface area contributed by atoms with Crippen LogP contribution < -0.4 is 5.32 Å². The number of fused-ring (bicyclic) bond motifs is 1. The van der Waals surface area contributed by atoms with Crippen LogP contribution in [0.2, 0.25) is 0 Å². The molecule has 2 aromatic heterocycles. The van der Waals surface area contributed by atoms with Crippen molar-refractivity contribution in [2.24, 2.45) is 0 Å². The van der Waals surface area contributed by atoms with E-state index < -0.39 is 0 Å². The number of anilines is 1. The Morgan fingerprint density at radius 3 is 3.38 bits per heavy atom. The molecule has 1 aliphatic heterocycles. The van der Waals surface area contributed by atoms with Crippen molar-refractivity contribution in [3.05, 3.63) is 18.3 Å². The molecule has 2 aromatic rings. The van der Waals surface area contributed by atoms with Gasteiger partial charge in [0.15, 0.2) is 11.5 Å². The second-order valence-corrected chi connectivity index (χ2v) is 4.99. The maximum Gasteiger partial charge on any atom is 0.298 e. The van der Waals surface area contributed by atoms with Gasteiger partial charge in [-0.2, -0.15) is 5.10 Å². The first-order valence-electron chi connectivity index (χ1n) is 6.97. The maximum atomic E-state index is 11.8. The first-order chi connectivity index (χ1) is 10.3. The van der Waals surface area contributed by atoms with Gasteiger partial charge in [-0.05, 0) is 37.8 Å². The first kappa shape index (κ1) is 13.4. The van der Waals surface area contributed by atoms with Crippen molar-refractivity contribution in [3.63, 3.8) is 0 Å². The number of amides is 1. The summed E-state index contributed by atoms with van der Waals surface area (Å²) < 4.78 is 0. The van der Waals surface area contributed by atoms with Gasteiger partial charge in [0.1, 0.15) is 0 Å². The van der Waals surface area contributed by atoms with Gasteiger partial charge < -0.3 is 10.2 Å². The molecule has 1 fully saturated rings. The molecule has 1 aliphatic rings. The molecule has 6 heteroatoms. The lowest BCUT2D eigenvalue weighted by molar-refractivity contribution is -0.126. The number of hydrogen-bond acceptors (Lipinski definition) is 4. The molecule has 0 saturated carbocycles. The van der Waals surface area contributed by atoms with Crippen molar-refractivity contribution >= 4 is 22.8 Å². The summed E-state index contributed by atoms with van der Waals surface area (Å²) >= 11 is 0. The van der Waals surface area contributed by atoms with Crippen molar-refractivity contribution in [1.82, 2.24) is 20.1 Å². The van der Waals surface area contributed by atoms with E-state index in [0.29, 0.717) is 12.2 Å². The highest BCUT2D eigenvalue weighted by atomic mass is 16.2. The maximum absolute atomic E-state index is 11.8. The molecule has 21 heavy (non-hydrogen) atoms. The van der Waals surface area contributed by atoms with E-state index in [9.17, 15) is 4.79 Å². The van der Waals surface area contributed by atoms with E-state index in [0.717, 1.165) is 30.6 Å². The second-order valence-electron chi connectivity index (χ2n) is 4.99. The fourth-order valence-electron chi connectivity index (χ4n) is 2.56. The SMILES string of the molecule is CC#CC(=O)N1CCC[C@@H](Nc2n[nH]c3ncc[c]c23)C1. The number of aromatic amines is 1. The molecule has 107 valence electrons. The van der Waals surface area contributed by atoms with Crippen LogP contribution in [0.25, 0.3) is 11.0 Å². The third kappa shape index (κ3) is 2.82. The minimum atomic E-state index is -0.107. The zero-order valence-electron chi connectivity index (χ0n) is 11.8. The summed E-state index contributed by atoms with van der Waals surface area (Å²) in [5, 5.41) is 11.3. The number of piperidine rings is 1. The number of H-pyrrole nitrogens is 1.